The summed E-state index contributed by atoms with van der Waals surface area (Å²) in [7, 11) is 0. The third kappa shape index (κ3) is 2.65. The van der Waals surface area contributed by atoms with Crippen molar-refractivity contribution in [1.82, 2.24) is 9.88 Å². The van der Waals surface area contributed by atoms with E-state index in [9.17, 15) is 13.6 Å². The van der Waals surface area contributed by atoms with Crippen LogP contribution in [-0.2, 0) is 0 Å². The molecule has 1 fully saturated rings. The molecule has 0 aliphatic carbocycles. The highest BCUT2D eigenvalue weighted by atomic mass is 35.5. The number of amides is 1. The van der Waals surface area contributed by atoms with Crippen LogP contribution < -0.4 is 0 Å². The Morgan fingerprint density at radius 3 is 2.68 bits per heavy atom. The fourth-order valence-corrected chi connectivity index (χ4v) is 3.03. The van der Waals surface area contributed by atoms with Crippen molar-refractivity contribution in [3.8, 4) is 0 Å². The monoisotopic (exact) mass is 324 g/mol. The standard InChI is InChI=1S/C16H15ClF2N2O/c1-10-3-2-4-11-13(10)12(9-20-14(11)17)15(22)21-7-5-16(18,19)6-8-21/h2-4,9H,5-8H2,1H3. The van der Waals surface area contributed by atoms with Crippen LogP contribution in [0.4, 0.5) is 8.78 Å². The number of piperidine rings is 1. The smallest absolute Gasteiger partial charge is 0.256 e. The Bertz CT molecular complexity index is 738. The van der Waals surface area contributed by atoms with E-state index in [4.69, 9.17) is 11.6 Å². The van der Waals surface area contributed by atoms with Crippen LogP contribution >= 0.6 is 11.6 Å². The molecule has 0 atom stereocenters. The minimum Gasteiger partial charge on any atom is -0.338 e. The number of hydrogen-bond donors (Lipinski definition) is 0. The summed E-state index contributed by atoms with van der Waals surface area (Å²) in [4.78, 5) is 18.2. The summed E-state index contributed by atoms with van der Waals surface area (Å²) in [6.45, 7) is 2.00. The van der Waals surface area contributed by atoms with E-state index in [2.05, 4.69) is 4.98 Å². The SMILES string of the molecule is Cc1cccc2c(Cl)ncc(C(=O)N3CCC(F)(F)CC3)c12. The van der Waals surface area contributed by atoms with Gasteiger partial charge in [-0.15, -0.1) is 0 Å². The molecule has 1 saturated heterocycles. The Morgan fingerprint density at radius 2 is 2.00 bits per heavy atom. The molecule has 0 unspecified atom stereocenters. The number of alkyl halides is 2. The van der Waals surface area contributed by atoms with E-state index < -0.39 is 5.92 Å². The molecule has 1 aliphatic rings. The largest absolute Gasteiger partial charge is 0.338 e. The summed E-state index contributed by atoms with van der Waals surface area (Å²) in [6.07, 6.45) is 0.847. The lowest BCUT2D eigenvalue weighted by molar-refractivity contribution is -0.0494. The van der Waals surface area contributed by atoms with Gasteiger partial charge in [-0.05, 0) is 12.5 Å². The van der Waals surface area contributed by atoms with Gasteiger partial charge in [0.1, 0.15) is 5.15 Å². The zero-order chi connectivity index (χ0) is 15.9. The van der Waals surface area contributed by atoms with Crippen LogP contribution in [0.3, 0.4) is 0 Å². The van der Waals surface area contributed by atoms with Crippen molar-refractivity contribution in [2.24, 2.45) is 0 Å². The van der Waals surface area contributed by atoms with E-state index >= 15 is 0 Å². The highest BCUT2D eigenvalue weighted by Crippen LogP contribution is 2.31. The van der Waals surface area contributed by atoms with Gasteiger partial charge in [0.25, 0.3) is 11.8 Å². The van der Waals surface area contributed by atoms with Crippen molar-refractivity contribution in [3.05, 3.63) is 40.7 Å². The second kappa shape index (κ2) is 5.47. The average Bonchev–Trinajstić information content (AvgIpc) is 2.48. The van der Waals surface area contributed by atoms with Gasteiger partial charge in [0, 0.05) is 42.9 Å². The number of carbonyl (C=O) groups is 1. The lowest BCUT2D eigenvalue weighted by Crippen LogP contribution is -2.42. The van der Waals surface area contributed by atoms with Gasteiger partial charge in [0.05, 0.1) is 5.56 Å². The van der Waals surface area contributed by atoms with Gasteiger partial charge in [0.2, 0.25) is 0 Å². The van der Waals surface area contributed by atoms with E-state index in [1.54, 1.807) is 6.07 Å². The van der Waals surface area contributed by atoms with Crippen LogP contribution in [-0.4, -0.2) is 34.8 Å². The predicted molar refractivity (Wildman–Crippen MR) is 81.6 cm³/mol. The molecule has 3 nitrogen and oxygen atoms in total. The van der Waals surface area contributed by atoms with Gasteiger partial charge < -0.3 is 4.90 Å². The molecular weight excluding hydrogens is 310 g/mol. The van der Waals surface area contributed by atoms with E-state index in [0.29, 0.717) is 16.1 Å². The van der Waals surface area contributed by atoms with E-state index in [1.807, 2.05) is 19.1 Å². The summed E-state index contributed by atoms with van der Waals surface area (Å²) in [5.41, 5.74) is 1.33. The van der Waals surface area contributed by atoms with Crippen molar-refractivity contribution in [2.45, 2.75) is 25.7 Å². The molecule has 116 valence electrons. The van der Waals surface area contributed by atoms with Crippen molar-refractivity contribution in [2.75, 3.05) is 13.1 Å². The first-order chi connectivity index (χ1) is 10.4. The van der Waals surface area contributed by atoms with Crippen LogP contribution in [0.15, 0.2) is 24.4 Å². The van der Waals surface area contributed by atoms with Gasteiger partial charge in [-0.25, -0.2) is 13.8 Å². The minimum atomic E-state index is -2.67. The number of carbonyl (C=O) groups excluding carboxylic acids is 1. The summed E-state index contributed by atoms with van der Waals surface area (Å²) >= 11 is 6.09. The van der Waals surface area contributed by atoms with Crippen molar-refractivity contribution in [1.29, 1.82) is 0 Å². The Labute approximate surface area is 131 Å². The number of nitrogens with zero attached hydrogens (tertiary/aromatic N) is 2. The van der Waals surface area contributed by atoms with Gasteiger partial charge in [-0.1, -0.05) is 29.8 Å². The fraction of sp³-hybridized carbons (Fsp3) is 0.375. The van der Waals surface area contributed by atoms with Crippen molar-refractivity contribution >= 4 is 28.3 Å². The topological polar surface area (TPSA) is 33.2 Å². The van der Waals surface area contributed by atoms with Crippen LogP contribution in [0, 0.1) is 6.92 Å². The molecule has 6 heteroatoms. The number of likely N-dealkylation sites (tertiary alicyclic amines) is 1. The zero-order valence-electron chi connectivity index (χ0n) is 12.1. The molecule has 3 rings (SSSR count). The molecule has 0 bridgehead atoms. The number of benzene rings is 1. The molecule has 2 heterocycles. The maximum atomic E-state index is 13.2. The van der Waals surface area contributed by atoms with Gasteiger partial charge >= 0.3 is 0 Å². The Hall–Kier alpha value is -1.75. The normalized spacial score (nSPS) is 17.7. The summed E-state index contributed by atoms with van der Waals surface area (Å²) in [5.74, 6) is -2.94. The maximum Gasteiger partial charge on any atom is 0.256 e. The molecule has 0 saturated carbocycles. The number of halogens is 3. The fourth-order valence-electron chi connectivity index (χ4n) is 2.82. The first-order valence-electron chi connectivity index (χ1n) is 7.10. The number of aromatic nitrogens is 1. The number of aryl methyl sites for hydroxylation is 1. The zero-order valence-corrected chi connectivity index (χ0v) is 12.8. The molecular formula is C16H15ClF2N2O. The third-order valence-corrected chi connectivity index (χ3v) is 4.39. The minimum absolute atomic E-state index is 0.0574. The van der Waals surface area contributed by atoms with Crippen LogP contribution in [0.1, 0.15) is 28.8 Å². The molecule has 2 aromatic rings. The molecule has 1 aromatic carbocycles. The van der Waals surface area contributed by atoms with Gasteiger partial charge in [-0.3, -0.25) is 4.79 Å². The second-order valence-electron chi connectivity index (χ2n) is 5.61. The lowest BCUT2D eigenvalue weighted by atomic mass is 10.0. The van der Waals surface area contributed by atoms with Crippen LogP contribution in [0.2, 0.25) is 5.15 Å². The summed E-state index contributed by atoms with van der Waals surface area (Å²) < 4.78 is 26.5. The first-order valence-corrected chi connectivity index (χ1v) is 7.48. The summed E-state index contributed by atoms with van der Waals surface area (Å²) in [5, 5.41) is 1.78. The number of pyridine rings is 1. The lowest BCUT2D eigenvalue weighted by Gasteiger charge is -2.32. The highest BCUT2D eigenvalue weighted by molar-refractivity contribution is 6.35. The molecule has 0 spiro atoms. The molecule has 1 amide bonds. The Balaban J connectivity index is 2.00. The quantitative estimate of drug-likeness (QED) is 0.741. The molecule has 1 aromatic heterocycles. The summed E-state index contributed by atoms with van der Waals surface area (Å²) in [6, 6.07) is 5.54. The predicted octanol–water partition coefficient (Wildman–Crippen LogP) is 4.07. The van der Waals surface area contributed by atoms with Crippen molar-refractivity contribution in [3.63, 3.8) is 0 Å². The number of fused-ring (bicyclic) bond motifs is 1. The first kappa shape index (κ1) is 15.2. The van der Waals surface area contributed by atoms with Crippen LogP contribution in [0.25, 0.3) is 10.8 Å². The molecule has 1 aliphatic heterocycles. The third-order valence-electron chi connectivity index (χ3n) is 4.08. The van der Waals surface area contributed by atoms with E-state index in [-0.39, 0.29) is 31.8 Å². The van der Waals surface area contributed by atoms with Gasteiger partial charge in [-0.2, -0.15) is 0 Å². The number of hydrogen-bond acceptors (Lipinski definition) is 2. The van der Waals surface area contributed by atoms with Crippen LogP contribution in [0.5, 0.6) is 0 Å². The van der Waals surface area contributed by atoms with E-state index in [1.165, 1.54) is 11.1 Å². The average molecular weight is 325 g/mol. The number of rotatable bonds is 1. The van der Waals surface area contributed by atoms with Crippen molar-refractivity contribution < 1.29 is 13.6 Å². The Morgan fingerprint density at radius 1 is 1.32 bits per heavy atom. The van der Waals surface area contributed by atoms with Gasteiger partial charge in [0.15, 0.2) is 0 Å². The molecule has 0 N–H and O–H groups in total. The van der Waals surface area contributed by atoms with E-state index in [0.717, 1.165) is 10.9 Å². The highest BCUT2D eigenvalue weighted by Gasteiger charge is 2.36. The Kier molecular flexibility index (Phi) is 3.77. The second-order valence-corrected chi connectivity index (χ2v) is 5.97. The molecule has 22 heavy (non-hydrogen) atoms. The maximum absolute atomic E-state index is 13.2. The molecule has 0 radical (unpaired) electrons.